The van der Waals surface area contributed by atoms with E-state index < -0.39 is 11.9 Å². The van der Waals surface area contributed by atoms with Crippen molar-refractivity contribution < 1.29 is 23.8 Å². The fraction of sp³-hybridized carbons (Fsp3) is 0.174. The van der Waals surface area contributed by atoms with E-state index in [0.717, 1.165) is 5.56 Å². The largest absolute Gasteiger partial charge is 0.493 e. The fourth-order valence-corrected chi connectivity index (χ4v) is 2.44. The predicted octanol–water partition coefficient (Wildman–Crippen LogP) is 3.20. The summed E-state index contributed by atoms with van der Waals surface area (Å²) in [6, 6.07) is 13.9. The number of methoxy groups -OCH3 is 1. The molecule has 7 heteroatoms. The number of esters is 1. The number of nitriles is 1. The van der Waals surface area contributed by atoms with Crippen molar-refractivity contribution in [3.05, 3.63) is 71.8 Å². The number of carbonyl (C=O) groups excluding carboxylic acids is 2. The molecule has 30 heavy (non-hydrogen) atoms. The standard InChI is InChI=1S/C23H22N2O5/c1-4-11-25-23(27)18(14-24)12-17-9-10-20(21(13-17)28-3)30-22(26)15-29-19-8-6-5-7-16(19)2/h4-10,12-13H,1,11,15H2,2-3H3,(H,25,27)/b18-12+. The first-order valence-corrected chi connectivity index (χ1v) is 9.06. The van der Waals surface area contributed by atoms with E-state index >= 15 is 0 Å². The Bertz CT molecular complexity index is 1000. The van der Waals surface area contributed by atoms with Gasteiger partial charge in [0.2, 0.25) is 0 Å². The lowest BCUT2D eigenvalue weighted by Gasteiger charge is -2.11. The number of hydrogen-bond donors (Lipinski definition) is 1. The van der Waals surface area contributed by atoms with Crippen molar-refractivity contribution in [3.8, 4) is 23.3 Å². The molecule has 0 aliphatic heterocycles. The normalized spacial score (nSPS) is 10.5. The maximum Gasteiger partial charge on any atom is 0.349 e. The molecule has 0 heterocycles. The molecule has 0 radical (unpaired) electrons. The lowest BCUT2D eigenvalue weighted by atomic mass is 10.1. The third-order valence-electron chi connectivity index (χ3n) is 3.93. The third-order valence-corrected chi connectivity index (χ3v) is 3.93. The lowest BCUT2D eigenvalue weighted by molar-refractivity contribution is -0.136. The van der Waals surface area contributed by atoms with Gasteiger partial charge in [-0.2, -0.15) is 5.26 Å². The van der Waals surface area contributed by atoms with Crippen LogP contribution in [0.5, 0.6) is 17.2 Å². The predicted molar refractivity (Wildman–Crippen MR) is 112 cm³/mol. The topological polar surface area (TPSA) is 97.7 Å². The summed E-state index contributed by atoms with van der Waals surface area (Å²) in [5.74, 6) is -0.0401. The van der Waals surface area contributed by atoms with Crippen molar-refractivity contribution in [2.45, 2.75) is 6.92 Å². The number of amides is 1. The van der Waals surface area contributed by atoms with E-state index in [1.165, 1.54) is 25.3 Å². The van der Waals surface area contributed by atoms with Crippen LogP contribution < -0.4 is 19.5 Å². The number of carbonyl (C=O) groups is 2. The zero-order valence-electron chi connectivity index (χ0n) is 16.8. The first-order valence-electron chi connectivity index (χ1n) is 9.06. The highest BCUT2D eigenvalue weighted by atomic mass is 16.6. The number of aryl methyl sites for hydroxylation is 1. The molecular weight excluding hydrogens is 384 g/mol. The highest BCUT2D eigenvalue weighted by molar-refractivity contribution is 6.01. The average molecular weight is 406 g/mol. The Hall–Kier alpha value is -4.05. The van der Waals surface area contributed by atoms with Gasteiger partial charge in [-0.15, -0.1) is 6.58 Å². The fourth-order valence-electron chi connectivity index (χ4n) is 2.44. The first-order chi connectivity index (χ1) is 14.5. The van der Waals surface area contributed by atoms with Crippen LogP contribution in [0.3, 0.4) is 0 Å². The van der Waals surface area contributed by atoms with Crippen LogP contribution in [0.25, 0.3) is 6.08 Å². The highest BCUT2D eigenvalue weighted by Crippen LogP contribution is 2.29. The summed E-state index contributed by atoms with van der Waals surface area (Å²) in [6.45, 7) is 5.37. The van der Waals surface area contributed by atoms with Crippen molar-refractivity contribution >= 4 is 18.0 Å². The molecule has 7 nitrogen and oxygen atoms in total. The number of rotatable bonds is 9. The zero-order chi connectivity index (χ0) is 21.9. The molecule has 0 saturated carbocycles. The molecule has 1 amide bonds. The molecule has 2 rings (SSSR count). The van der Waals surface area contributed by atoms with Crippen LogP contribution >= 0.6 is 0 Å². The number of ether oxygens (including phenoxy) is 3. The smallest absolute Gasteiger partial charge is 0.349 e. The maximum atomic E-state index is 12.1. The van der Waals surface area contributed by atoms with Crippen molar-refractivity contribution in [1.82, 2.24) is 5.32 Å². The second-order valence-corrected chi connectivity index (χ2v) is 6.11. The summed E-state index contributed by atoms with van der Waals surface area (Å²) in [6.07, 6.45) is 2.93. The molecule has 0 atom stereocenters. The average Bonchev–Trinajstić information content (AvgIpc) is 2.76. The minimum absolute atomic E-state index is 0.0738. The van der Waals surface area contributed by atoms with Gasteiger partial charge in [-0.3, -0.25) is 4.79 Å². The van der Waals surface area contributed by atoms with Gasteiger partial charge in [0.15, 0.2) is 18.1 Å². The number of benzene rings is 2. The van der Waals surface area contributed by atoms with Gasteiger partial charge in [-0.05, 0) is 42.3 Å². The Labute approximate surface area is 175 Å². The Kier molecular flexibility index (Phi) is 8.21. The zero-order valence-corrected chi connectivity index (χ0v) is 16.8. The minimum Gasteiger partial charge on any atom is -0.493 e. The van der Waals surface area contributed by atoms with Gasteiger partial charge >= 0.3 is 5.97 Å². The number of hydrogen-bond acceptors (Lipinski definition) is 6. The van der Waals surface area contributed by atoms with Crippen LogP contribution in [0, 0.1) is 18.3 Å². The molecule has 0 aliphatic carbocycles. The third kappa shape index (κ3) is 6.24. The van der Waals surface area contributed by atoms with E-state index in [4.69, 9.17) is 14.2 Å². The van der Waals surface area contributed by atoms with Gasteiger partial charge < -0.3 is 19.5 Å². The second-order valence-electron chi connectivity index (χ2n) is 6.11. The molecule has 0 spiro atoms. The number of nitrogens with one attached hydrogen (secondary N) is 1. The van der Waals surface area contributed by atoms with Crippen molar-refractivity contribution in [1.29, 1.82) is 5.26 Å². The van der Waals surface area contributed by atoms with Crippen molar-refractivity contribution in [2.75, 3.05) is 20.3 Å². The molecule has 0 aliphatic rings. The van der Waals surface area contributed by atoms with Gasteiger partial charge in [0, 0.05) is 6.54 Å². The van der Waals surface area contributed by atoms with Gasteiger partial charge in [0.25, 0.3) is 5.91 Å². The molecule has 1 N–H and O–H groups in total. The molecule has 0 aromatic heterocycles. The van der Waals surface area contributed by atoms with E-state index in [0.29, 0.717) is 11.3 Å². The summed E-state index contributed by atoms with van der Waals surface area (Å²) in [4.78, 5) is 24.1. The van der Waals surface area contributed by atoms with Gasteiger partial charge in [0.1, 0.15) is 17.4 Å². The van der Waals surface area contributed by atoms with Crippen LogP contribution in [0.1, 0.15) is 11.1 Å². The second kappa shape index (κ2) is 11.1. The summed E-state index contributed by atoms with van der Waals surface area (Å²) >= 11 is 0. The number of para-hydroxylation sites is 1. The van der Waals surface area contributed by atoms with Crippen LogP contribution in [0.15, 0.2) is 60.7 Å². The van der Waals surface area contributed by atoms with Gasteiger partial charge in [0.05, 0.1) is 7.11 Å². The van der Waals surface area contributed by atoms with E-state index in [1.54, 1.807) is 18.2 Å². The molecule has 154 valence electrons. The molecular formula is C23H22N2O5. The Morgan fingerprint density at radius 1 is 1.17 bits per heavy atom. The summed E-state index contributed by atoms with van der Waals surface area (Å²) < 4.78 is 16.1. The van der Waals surface area contributed by atoms with E-state index in [2.05, 4.69) is 11.9 Å². The van der Waals surface area contributed by atoms with Gasteiger partial charge in [-0.25, -0.2) is 4.79 Å². The van der Waals surface area contributed by atoms with Crippen LogP contribution in [0.4, 0.5) is 0 Å². The summed E-state index contributed by atoms with van der Waals surface area (Å²) in [5, 5.41) is 11.7. The number of nitrogens with zero attached hydrogens (tertiary/aromatic N) is 1. The molecule has 2 aromatic carbocycles. The molecule has 0 saturated heterocycles. The summed E-state index contributed by atoms with van der Waals surface area (Å²) in [7, 11) is 1.42. The molecule has 0 fully saturated rings. The van der Waals surface area contributed by atoms with Gasteiger partial charge in [-0.1, -0.05) is 30.3 Å². The quantitative estimate of drug-likeness (QED) is 0.226. The maximum absolute atomic E-state index is 12.1. The van der Waals surface area contributed by atoms with E-state index in [9.17, 15) is 14.9 Å². The molecule has 2 aromatic rings. The Balaban J connectivity index is 2.09. The van der Waals surface area contributed by atoms with E-state index in [-0.39, 0.29) is 30.2 Å². The van der Waals surface area contributed by atoms with Crippen molar-refractivity contribution in [3.63, 3.8) is 0 Å². The van der Waals surface area contributed by atoms with E-state index in [1.807, 2.05) is 31.2 Å². The minimum atomic E-state index is -0.596. The Morgan fingerprint density at radius 2 is 1.93 bits per heavy atom. The van der Waals surface area contributed by atoms with Crippen LogP contribution in [0.2, 0.25) is 0 Å². The lowest BCUT2D eigenvalue weighted by Crippen LogP contribution is -2.24. The summed E-state index contributed by atoms with van der Waals surface area (Å²) in [5.41, 5.74) is 1.37. The van der Waals surface area contributed by atoms with Crippen LogP contribution in [-0.4, -0.2) is 32.1 Å². The van der Waals surface area contributed by atoms with Crippen molar-refractivity contribution in [2.24, 2.45) is 0 Å². The Morgan fingerprint density at radius 3 is 2.60 bits per heavy atom. The van der Waals surface area contributed by atoms with Crippen LogP contribution in [-0.2, 0) is 9.59 Å². The molecule has 0 unspecified atom stereocenters. The first kappa shape index (κ1) is 22.2. The molecule has 0 bridgehead atoms. The highest BCUT2D eigenvalue weighted by Gasteiger charge is 2.13. The SMILES string of the molecule is C=CCNC(=O)/C(C#N)=C/c1ccc(OC(=O)COc2ccccc2C)c(OC)c1. The monoisotopic (exact) mass is 406 g/mol.